The molecule has 8 nitrogen and oxygen atoms in total. The summed E-state index contributed by atoms with van der Waals surface area (Å²) in [5.41, 5.74) is 1.93. The van der Waals surface area contributed by atoms with Crippen LogP contribution in [0.4, 0.5) is 16.2 Å². The Hall–Kier alpha value is -2.32. The van der Waals surface area contributed by atoms with Crippen LogP contribution in [0, 0.1) is 5.92 Å². The third kappa shape index (κ3) is 7.38. The summed E-state index contributed by atoms with van der Waals surface area (Å²) < 4.78 is 11.1. The summed E-state index contributed by atoms with van der Waals surface area (Å²) in [6.45, 7) is 13.4. The molecule has 0 bridgehead atoms. The molecule has 0 aromatic heterocycles. The average Bonchev–Trinajstić information content (AvgIpc) is 2.97. The van der Waals surface area contributed by atoms with E-state index in [0.717, 1.165) is 37.4 Å². The van der Waals surface area contributed by atoms with Gasteiger partial charge in [-0.1, -0.05) is 13.8 Å². The number of anilines is 2. The molecule has 0 saturated carbocycles. The number of morpholine rings is 1. The van der Waals surface area contributed by atoms with E-state index in [2.05, 4.69) is 29.0 Å². The zero-order chi connectivity index (χ0) is 23.1. The fraction of sp³-hybridized carbons (Fsp3) is 0.667. The Bertz CT molecular complexity index is 745. The summed E-state index contributed by atoms with van der Waals surface area (Å²) in [7, 11) is 0. The van der Waals surface area contributed by atoms with Gasteiger partial charge in [0.15, 0.2) is 0 Å². The van der Waals surface area contributed by atoms with Gasteiger partial charge in [-0.25, -0.2) is 4.79 Å². The maximum absolute atomic E-state index is 12.6. The zero-order valence-corrected chi connectivity index (χ0v) is 19.9. The van der Waals surface area contributed by atoms with Crippen LogP contribution in [0.5, 0.6) is 0 Å². The Kier molecular flexibility index (Phi) is 8.75. The number of hydrogen-bond acceptors (Lipinski definition) is 6. The van der Waals surface area contributed by atoms with Gasteiger partial charge in [-0.2, -0.15) is 0 Å². The summed E-state index contributed by atoms with van der Waals surface area (Å²) >= 11 is 0. The van der Waals surface area contributed by atoms with E-state index in [1.54, 1.807) is 4.90 Å². The second-order valence-corrected chi connectivity index (χ2v) is 9.34. The Morgan fingerprint density at radius 1 is 1.06 bits per heavy atom. The van der Waals surface area contributed by atoms with Crippen LogP contribution in [0.2, 0.25) is 0 Å². The molecule has 0 aliphatic carbocycles. The SMILES string of the molecule is CC(C)COC(=O)N1CCCN(CC(=O)Nc2ccc(N3CC(C)OC(C)C3)cc2)CC1. The van der Waals surface area contributed by atoms with E-state index in [1.165, 1.54) is 0 Å². The molecule has 2 fully saturated rings. The Labute approximate surface area is 191 Å². The summed E-state index contributed by atoms with van der Waals surface area (Å²) in [6, 6.07) is 8.00. The van der Waals surface area contributed by atoms with Crippen LogP contribution in [0.15, 0.2) is 24.3 Å². The molecule has 2 atom stereocenters. The maximum atomic E-state index is 12.6. The van der Waals surface area contributed by atoms with E-state index in [0.29, 0.717) is 38.7 Å². The molecule has 0 spiro atoms. The van der Waals surface area contributed by atoms with Crippen LogP contribution in [-0.4, -0.2) is 86.4 Å². The van der Waals surface area contributed by atoms with Crippen LogP contribution in [0.1, 0.15) is 34.1 Å². The number of amides is 2. The molecule has 2 saturated heterocycles. The monoisotopic (exact) mass is 446 g/mol. The van der Waals surface area contributed by atoms with Crippen LogP contribution >= 0.6 is 0 Å². The lowest BCUT2D eigenvalue weighted by atomic mass is 10.2. The highest BCUT2D eigenvalue weighted by Gasteiger charge is 2.23. The number of rotatable bonds is 6. The van der Waals surface area contributed by atoms with Gasteiger partial charge in [0, 0.05) is 50.6 Å². The number of hydrogen-bond donors (Lipinski definition) is 1. The van der Waals surface area contributed by atoms with Crippen LogP contribution < -0.4 is 10.2 Å². The minimum atomic E-state index is -0.255. The molecule has 1 aromatic rings. The van der Waals surface area contributed by atoms with Crippen molar-refractivity contribution >= 4 is 23.4 Å². The van der Waals surface area contributed by atoms with Gasteiger partial charge in [0.2, 0.25) is 5.91 Å². The van der Waals surface area contributed by atoms with Crippen molar-refractivity contribution in [3.63, 3.8) is 0 Å². The third-order valence-electron chi connectivity index (χ3n) is 5.69. The van der Waals surface area contributed by atoms with Gasteiger partial charge >= 0.3 is 6.09 Å². The van der Waals surface area contributed by atoms with Gasteiger partial charge in [0.05, 0.1) is 25.4 Å². The minimum Gasteiger partial charge on any atom is -0.449 e. The molecule has 2 unspecified atom stereocenters. The van der Waals surface area contributed by atoms with E-state index in [1.807, 2.05) is 38.1 Å². The number of nitrogens with zero attached hydrogens (tertiary/aromatic N) is 3. The van der Waals surface area contributed by atoms with Crippen molar-refractivity contribution in [3.05, 3.63) is 24.3 Å². The van der Waals surface area contributed by atoms with Crippen molar-refractivity contribution in [2.75, 3.05) is 62.6 Å². The Morgan fingerprint density at radius 2 is 1.75 bits per heavy atom. The standard InChI is InChI=1S/C24H38N4O4/c1-18(2)17-31-24(30)27-11-5-10-26(12-13-27)16-23(29)25-21-6-8-22(9-7-21)28-14-19(3)32-20(4)15-28/h6-9,18-20H,5,10-17H2,1-4H3,(H,25,29). The molecule has 1 aromatic carbocycles. The second-order valence-electron chi connectivity index (χ2n) is 9.34. The first kappa shape index (κ1) is 24.3. The van der Waals surface area contributed by atoms with Crippen LogP contribution in [0.25, 0.3) is 0 Å². The molecule has 1 N–H and O–H groups in total. The minimum absolute atomic E-state index is 0.0396. The number of nitrogens with one attached hydrogen (secondary N) is 1. The Balaban J connectivity index is 1.45. The number of ether oxygens (including phenoxy) is 2. The first-order valence-electron chi connectivity index (χ1n) is 11.7. The van der Waals surface area contributed by atoms with Crippen molar-refractivity contribution in [1.82, 2.24) is 9.80 Å². The summed E-state index contributed by atoms with van der Waals surface area (Å²) in [5.74, 6) is 0.281. The summed E-state index contributed by atoms with van der Waals surface area (Å²) in [5, 5.41) is 3.00. The normalized spacial score (nSPS) is 22.5. The molecule has 2 aliphatic heterocycles. The largest absolute Gasteiger partial charge is 0.449 e. The summed E-state index contributed by atoms with van der Waals surface area (Å²) in [4.78, 5) is 30.9. The smallest absolute Gasteiger partial charge is 0.409 e. The van der Waals surface area contributed by atoms with Gasteiger partial charge < -0.3 is 24.6 Å². The molecule has 8 heteroatoms. The van der Waals surface area contributed by atoms with Crippen molar-refractivity contribution in [3.8, 4) is 0 Å². The molecule has 2 aliphatic rings. The molecule has 2 amide bonds. The fourth-order valence-corrected chi connectivity index (χ4v) is 4.19. The van der Waals surface area contributed by atoms with Gasteiger partial charge in [0.1, 0.15) is 0 Å². The predicted octanol–water partition coefficient (Wildman–Crippen LogP) is 3.04. The van der Waals surface area contributed by atoms with Crippen molar-refractivity contribution in [1.29, 1.82) is 0 Å². The van der Waals surface area contributed by atoms with Crippen LogP contribution in [0.3, 0.4) is 0 Å². The number of benzene rings is 1. The zero-order valence-electron chi connectivity index (χ0n) is 19.9. The second kappa shape index (κ2) is 11.5. The Morgan fingerprint density at radius 3 is 2.41 bits per heavy atom. The highest BCUT2D eigenvalue weighted by Crippen LogP contribution is 2.22. The van der Waals surface area contributed by atoms with Crippen molar-refractivity contribution in [2.24, 2.45) is 5.92 Å². The summed E-state index contributed by atoms with van der Waals surface area (Å²) in [6.07, 6.45) is 0.989. The first-order valence-corrected chi connectivity index (χ1v) is 11.7. The van der Waals surface area contributed by atoms with E-state index >= 15 is 0 Å². The fourth-order valence-electron chi connectivity index (χ4n) is 4.19. The predicted molar refractivity (Wildman–Crippen MR) is 126 cm³/mol. The number of carbonyl (C=O) groups excluding carboxylic acids is 2. The molecule has 0 radical (unpaired) electrons. The molecular weight excluding hydrogens is 408 g/mol. The average molecular weight is 447 g/mol. The van der Waals surface area contributed by atoms with Gasteiger partial charge in [-0.15, -0.1) is 0 Å². The topological polar surface area (TPSA) is 74.4 Å². The molecule has 178 valence electrons. The lowest BCUT2D eigenvalue weighted by molar-refractivity contribution is -0.117. The highest BCUT2D eigenvalue weighted by atomic mass is 16.6. The van der Waals surface area contributed by atoms with Crippen LogP contribution in [-0.2, 0) is 14.3 Å². The molecule has 3 rings (SSSR count). The van der Waals surface area contributed by atoms with Crippen molar-refractivity contribution < 1.29 is 19.1 Å². The highest BCUT2D eigenvalue weighted by molar-refractivity contribution is 5.92. The van der Waals surface area contributed by atoms with E-state index in [-0.39, 0.29) is 24.2 Å². The number of carbonyl (C=O) groups is 2. The lowest BCUT2D eigenvalue weighted by Crippen LogP contribution is -2.45. The quantitative estimate of drug-likeness (QED) is 0.724. The molecular formula is C24H38N4O4. The van der Waals surface area contributed by atoms with Gasteiger partial charge in [0.25, 0.3) is 0 Å². The van der Waals surface area contributed by atoms with E-state index in [4.69, 9.17) is 9.47 Å². The molecule has 2 heterocycles. The third-order valence-corrected chi connectivity index (χ3v) is 5.69. The van der Waals surface area contributed by atoms with Crippen molar-refractivity contribution in [2.45, 2.75) is 46.3 Å². The van der Waals surface area contributed by atoms with E-state index < -0.39 is 0 Å². The van der Waals surface area contributed by atoms with Gasteiger partial charge in [-0.05, 0) is 50.5 Å². The first-order chi connectivity index (χ1) is 15.3. The van der Waals surface area contributed by atoms with Gasteiger partial charge in [-0.3, -0.25) is 9.69 Å². The van der Waals surface area contributed by atoms with E-state index in [9.17, 15) is 9.59 Å². The molecule has 32 heavy (non-hydrogen) atoms. The maximum Gasteiger partial charge on any atom is 0.409 e. The lowest BCUT2D eigenvalue weighted by Gasteiger charge is -2.36.